The van der Waals surface area contributed by atoms with Gasteiger partial charge in [-0.25, -0.2) is 0 Å². The van der Waals surface area contributed by atoms with Crippen LogP contribution in [-0.4, -0.2) is 70.6 Å². The van der Waals surface area contributed by atoms with E-state index in [4.69, 9.17) is 11.6 Å². The second-order valence-corrected chi connectivity index (χ2v) is 9.95. The molecule has 0 bridgehead atoms. The zero-order chi connectivity index (χ0) is 21.2. The van der Waals surface area contributed by atoms with Crippen molar-refractivity contribution in [3.8, 4) is 0 Å². The lowest BCUT2D eigenvalue weighted by Gasteiger charge is -2.36. The highest BCUT2D eigenvalue weighted by molar-refractivity contribution is 7.99. The molecule has 2 aliphatic heterocycles. The number of hydrogen-bond donors (Lipinski definition) is 0. The third-order valence-corrected chi connectivity index (χ3v) is 7.49. The summed E-state index contributed by atoms with van der Waals surface area (Å²) >= 11 is 7.66. The lowest BCUT2D eigenvalue weighted by molar-refractivity contribution is -0.128. The molecule has 2 aromatic rings. The monoisotopic (exact) mass is 460 g/mol. The van der Waals surface area contributed by atoms with Crippen LogP contribution in [0.3, 0.4) is 0 Å². The van der Waals surface area contributed by atoms with Gasteiger partial charge in [0, 0.05) is 56.0 Å². The van der Waals surface area contributed by atoms with Crippen molar-refractivity contribution in [2.24, 2.45) is 0 Å². The minimum atomic E-state index is 0.181. The molecular formula is C22H29ClN6OS. The van der Waals surface area contributed by atoms with Gasteiger partial charge in [-0.1, -0.05) is 29.4 Å². The van der Waals surface area contributed by atoms with Crippen LogP contribution >= 0.6 is 23.4 Å². The number of halogens is 1. The van der Waals surface area contributed by atoms with Crippen LogP contribution in [-0.2, 0) is 4.79 Å². The van der Waals surface area contributed by atoms with E-state index >= 15 is 0 Å². The number of benzene rings is 1. The lowest BCUT2D eigenvalue weighted by atomic mass is 10.1. The van der Waals surface area contributed by atoms with Gasteiger partial charge < -0.3 is 14.7 Å². The quantitative estimate of drug-likeness (QED) is 0.612. The molecule has 31 heavy (non-hydrogen) atoms. The summed E-state index contributed by atoms with van der Waals surface area (Å²) in [7, 11) is 0. The summed E-state index contributed by atoms with van der Waals surface area (Å²) in [4.78, 5) is 19.5. The molecule has 1 aliphatic carbocycles. The molecule has 9 heteroatoms. The zero-order valence-electron chi connectivity index (χ0n) is 17.7. The van der Waals surface area contributed by atoms with Crippen molar-refractivity contribution < 1.29 is 4.79 Å². The van der Waals surface area contributed by atoms with Gasteiger partial charge in [-0.3, -0.25) is 9.36 Å². The van der Waals surface area contributed by atoms with Gasteiger partial charge in [0.2, 0.25) is 11.9 Å². The second kappa shape index (κ2) is 9.28. The summed E-state index contributed by atoms with van der Waals surface area (Å²) in [5.41, 5.74) is 1.12. The van der Waals surface area contributed by atoms with Crippen molar-refractivity contribution in [1.82, 2.24) is 19.7 Å². The number of nitrogens with zero attached hydrogens (tertiary/aromatic N) is 6. The number of anilines is 2. The fourth-order valence-electron chi connectivity index (χ4n) is 4.43. The molecule has 166 valence electrons. The van der Waals surface area contributed by atoms with Crippen LogP contribution in [0.1, 0.15) is 38.1 Å². The minimum absolute atomic E-state index is 0.181. The Bertz CT molecular complexity index is 918. The van der Waals surface area contributed by atoms with Crippen molar-refractivity contribution >= 4 is 40.9 Å². The first-order valence-corrected chi connectivity index (χ1v) is 12.7. The van der Waals surface area contributed by atoms with Crippen LogP contribution in [0.5, 0.6) is 0 Å². The Morgan fingerprint density at radius 1 is 1.00 bits per heavy atom. The van der Waals surface area contributed by atoms with Gasteiger partial charge in [-0.2, -0.15) is 0 Å². The topological polar surface area (TPSA) is 57.5 Å². The molecule has 0 unspecified atom stereocenters. The van der Waals surface area contributed by atoms with E-state index < -0.39 is 0 Å². The third-order valence-electron chi connectivity index (χ3n) is 6.33. The van der Waals surface area contributed by atoms with E-state index in [-0.39, 0.29) is 5.91 Å². The van der Waals surface area contributed by atoms with E-state index in [2.05, 4.69) is 30.6 Å². The Morgan fingerprint density at radius 3 is 2.48 bits per heavy atom. The zero-order valence-corrected chi connectivity index (χ0v) is 19.3. The maximum absolute atomic E-state index is 12.9. The largest absolute Gasteiger partial charge is 0.368 e. The average molecular weight is 461 g/mol. The summed E-state index contributed by atoms with van der Waals surface area (Å²) in [6.45, 7) is 5.25. The highest BCUT2D eigenvalue weighted by atomic mass is 35.5. The van der Waals surface area contributed by atoms with Gasteiger partial charge in [0.15, 0.2) is 5.16 Å². The number of piperazine rings is 1. The predicted octanol–water partition coefficient (Wildman–Crippen LogP) is 3.70. The van der Waals surface area contributed by atoms with Crippen LogP contribution in [0, 0.1) is 0 Å². The summed E-state index contributed by atoms with van der Waals surface area (Å²) in [6.07, 6.45) is 6.12. The fraction of sp³-hybridized carbons (Fsp3) is 0.591. The molecule has 2 saturated heterocycles. The van der Waals surface area contributed by atoms with E-state index in [9.17, 15) is 4.79 Å². The molecule has 0 radical (unpaired) electrons. The summed E-state index contributed by atoms with van der Waals surface area (Å²) in [5, 5.41) is 10.6. The maximum atomic E-state index is 12.9. The van der Waals surface area contributed by atoms with E-state index in [0.29, 0.717) is 11.8 Å². The van der Waals surface area contributed by atoms with Crippen LogP contribution < -0.4 is 9.80 Å². The molecule has 3 aliphatic rings. The summed E-state index contributed by atoms with van der Waals surface area (Å²) in [6, 6.07) is 8.42. The first-order chi connectivity index (χ1) is 15.2. The molecule has 5 rings (SSSR count). The molecule has 1 amide bonds. The van der Waals surface area contributed by atoms with Crippen molar-refractivity contribution in [2.45, 2.75) is 43.3 Å². The molecule has 0 N–H and O–H groups in total. The van der Waals surface area contributed by atoms with Gasteiger partial charge in [-0.15, -0.1) is 10.2 Å². The molecule has 3 fully saturated rings. The Labute approximate surface area is 192 Å². The number of thioether (sulfide) groups is 1. The van der Waals surface area contributed by atoms with Crippen LogP contribution in [0.4, 0.5) is 11.6 Å². The number of carbonyl (C=O) groups is 1. The average Bonchev–Trinajstić information content (AvgIpc) is 3.57. The maximum Gasteiger partial charge on any atom is 0.233 e. The second-order valence-electron chi connectivity index (χ2n) is 8.57. The van der Waals surface area contributed by atoms with E-state index in [1.165, 1.54) is 32.1 Å². The Morgan fingerprint density at radius 2 is 1.77 bits per heavy atom. The molecule has 3 heterocycles. The smallest absolute Gasteiger partial charge is 0.233 e. The van der Waals surface area contributed by atoms with Crippen molar-refractivity contribution in [3.05, 3.63) is 29.3 Å². The number of piperidine rings is 1. The Hall–Kier alpha value is -1.93. The lowest BCUT2D eigenvalue weighted by Crippen LogP contribution is -2.49. The van der Waals surface area contributed by atoms with E-state index in [0.717, 1.165) is 61.1 Å². The van der Waals surface area contributed by atoms with Gasteiger partial charge in [-0.05, 0) is 50.3 Å². The van der Waals surface area contributed by atoms with Crippen molar-refractivity contribution in [3.63, 3.8) is 0 Å². The Kier molecular flexibility index (Phi) is 6.27. The number of aromatic nitrogens is 3. The number of hydrogen-bond acceptors (Lipinski definition) is 6. The first kappa shape index (κ1) is 20.9. The Balaban J connectivity index is 1.17. The highest BCUT2D eigenvalue weighted by Gasteiger charge is 2.32. The summed E-state index contributed by atoms with van der Waals surface area (Å²) < 4.78 is 2.29. The van der Waals surface area contributed by atoms with Crippen molar-refractivity contribution in [2.75, 3.05) is 54.8 Å². The number of carbonyl (C=O) groups excluding carboxylic acids is 1. The van der Waals surface area contributed by atoms with Gasteiger partial charge in [0.05, 0.1) is 5.75 Å². The molecule has 7 nitrogen and oxygen atoms in total. The highest BCUT2D eigenvalue weighted by Crippen LogP contribution is 2.41. The van der Waals surface area contributed by atoms with E-state index in [1.807, 2.05) is 23.1 Å². The molecule has 1 aromatic heterocycles. The fourth-order valence-corrected chi connectivity index (χ4v) is 5.52. The third kappa shape index (κ3) is 4.80. The molecule has 1 aromatic carbocycles. The molecule has 1 saturated carbocycles. The number of rotatable bonds is 6. The van der Waals surface area contributed by atoms with Crippen LogP contribution in [0.2, 0.25) is 5.02 Å². The standard InChI is InChI=1S/C22H29ClN6OS/c23-17-5-4-6-19(15-17)26-11-13-27(14-12-26)20(30)16-31-22-25-24-21(29(22)18-7-8-18)28-9-2-1-3-10-28/h4-6,15,18H,1-3,7-14,16H2. The van der Waals surface area contributed by atoms with Crippen LogP contribution in [0.15, 0.2) is 29.4 Å². The first-order valence-electron chi connectivity index (χ1n) is 11.3. The minimum Gasteiger partial charge on any atom is -0.368 e. The number of amides is 1. The SMILES string of the molecule is O=C(CSc1nnc(N2CCCCC2)n1C1CC1)N1CCN(c2cccc(Cl)c2)CC1. The van der Waals surface area contributed by atoms with Crippen molar-refractivity contribution in [1.29, 1.82) is 0 Å². The summed E-state index contributed by atoms with van der Waals surface area (Å²) in [5.74, 6) is 1.61. The predicted molar refractivity (Wildman–Crippen MR) is 125 cm³/mol. The normalized spacial score (nSPS) is 19.7. The van der Waals surface area contributed by atoms with Crippen LogP contribution in [0.25, 0.3) is 0 Å². The molecular weight excluding hydrogens is 432 g/mol. The van der Waals surface area contributed by atoms with Gasteiger partial charge in [0.25, 0.3) is 0 Å². The van der Waals surface area contributed by atoms with Gasteiger partial charge >= 0.3 is 0 Å². The van der Waals surface area contributed by atoms with E-state index in [1.54, 1.807) is 11.8 Å². The molecule has 0 spiro atoms. The van der Waals surface area contributed by atoms with Gasteiger partial charge in [0.1, 0.15) is 0 Å². The molecule has 0 atom stereocenters.